The van der Waals surface area contributed by atoms with Crippen molar-refractivity contribution in [3.63, 3.8) is 0 Å². The third kappa shape index (κ3) is 3.71. The molecule has 1 unspecified atom stereocenters. The van der Waals surface area contributed by atoms with E-state index in [-0.39, 0.29) is 0 Å². The van der Waals surface area contributed by atoms with Crippen LogP contribution in [0.5, 0.6) is 0 Å². The minimum Gasteiger partial charge on any atom is -0.310 e. The van der Waals surface area contributed by atoms with E-state index in [1.54, 1.807) is 5.57 Å². The molecule has 1 atom stereocenters. The summed E-state index contributed by atoms with van der Waals surface area (Å²) >= 11 is 0. The lowest BCUT2D eigenvalue weighted by atomic mass is 9.91. The summed E-state index contributed by atoms with van der Waals surface area (Å²) in [5.74, 6) is 0. The average molecular weight is 229 g/mol. The average Bonchev–Trinajstić information content (AvgIpc) is 2.40. The van der Waals surface area contributed by atoms with Crippen molar-refractivity contribution in [3.05, 3.63) is 47.5 Å². The molecular weight excluding hydrogens is 206 g/mol. The maximum Gasteiger partial charge on any atom is 0.0357 e. The zero-order valence-electron chi connectivity index (χ0n) is 10.8. The van der Waals surface area contributed by atoms with Gasteiger partial charge in [-0.25, -0.2) is 0 Å². The second kappa shape index (κ2) is 6.61. The summed E-state index contributed by atoms with van der Waals surface area (Å²) in [7, 11) is 0. The van der Waals surface area contributed by atoms with Gasteiger partial charge in [0.15, 0.2) is 0 Å². The van der Waals surface area contributed by atoms with Crippen LogP contribution in [0.1, 0.15) is 50.6 Å². The first-order valence-corrected chi connectivity index (χ1v) is 6.86. The van der Waals surface area contributed by atoms with Crippen LogP contribution in [0.15, 0.2) is 42.0 Å². The fourth-order valence-corrected chi connectivity index (χ4v) is 2.59. The summed E-state index contributed by atoms with van der Waals surface area (Å²) in [5.41, 5.74) is 3.06. The fourth-order valence-electron chi connectivity index (χ4n) is 2.59. The summed E-state index contributed by atoms with van der Waals surface area (Å²) in [6.45, 7) is 3.22. The number of nitrogens with one attached hydrogen (secondary N) is 1. The fraction of sp³-hybridized carbons (Fsp3) is 0.500. The maximum atomic E-state index is 3.61. The van der Waals surface area contributed by atoms with E-state index in [2.05, 4.69) is 48.6 Å². The quantitative estimate of drug-likeness (QED) is 0.745. The van der Waals surface area contributed by atoms with Gasteiger partial charge in [-0.05, 0) is 44.2 Å². The van der Waals surface area contributed by atoms with Crippen LogP contribution in [0.4, 0.5) is 0 Å². The molecule has 0 fully saturated rings. The van der Waals surface area contributed by atoms with E-state index in [4.69, 9.17) is 0 Å². The monoisotopic (exact) mass is 229 g/mol. The molecule has 0 aliphatic heterocycles. The lowest BCUT2D eigenvalue weighted by Crippen LogP contribution is -2.21. The molecule has 0 bridgehead atoms. The van der Waals surface area contributed by atoms with Gasteiger partial charge < -0.3 is 5.32 Å². The van der Waals surface area contributed by atoms with Crippen LogP contribution in [0.2, 0.25) is 0 Å². The Morgan fingerprint density at radius 3 is 2.65 bits per heavy atom. The predicted octanol–water partition coefficient (Wildman–Crippen LogP) is 4.23. The minimum absolute atomic E-state index is 0.491. The van der Waals surface area contributed by atoms with E-state index in [0.717, 1.165) is 6.54 Å². The van der Waals surface area contributed by atoms with Crippen LogP contribution in [-0.2, 0) is 0 Å². The molecule has 1 N–H and O–H groups in total. The van der Waals surface area contributed by atoms with E-state index in [1.165, 1.54) is 37.7 Å². The van der Waals surface area contributed by atoms with Crippen LogP contribution >= 0.6 is 0 Å². The van der Waals surface area contributed by atoms with Gasteiger partial charge in [-0.3, -0.25) is 0 Å². The maximum absolute atomic E-state index is 3.61. The van der Waals surface area contributed by atoms with Crippen LogP contribution < -0.4 is 5.32 Å². The standard InChI is InChI=1S/C16H23N/c1-2-17-16(15-11-7-4-8-12-15)13-14-9-5-3-6-10-14/h4,7-9,11-12,16-17H,2-3,5-6,10,13H2,1H3. The molecule has 1 heteroatoms. The van der Waals surface area contributed by atoms with E-state index in [0.29, 0.717) is 6.04 Å². The highest BCUT2D eigenvalue weighted by molar-refractivity contribution is 5.21. The number of hydrogen-bond donors (Lipinski definition) is 1. The Hall–Kier alpha value is -1.08. The van der Waals surface area contributed by atoms with Crippen molar-refractivity contribution in [2.24, 2.45) is 0 Å². The molecule has 0 saturated carbocycles. The largest absolute Gasteiger partial charge is 0.310 e. The van der Waals surface area contributed by atoms with Crippen molar-refractivity contribution >= 4 is 0 Å². The van der Waals surface area contributed by atoms with Gasteiger partial charge in [-0.1, -0.05) is 48.9 Å². The molecule has 0 radical (unpaired) electrons. The van der Waals surface area contributed by atoms with Crippen LogP contribution in [-0.4, -0.2) is 6.54 Å². The predicted molar refractivity (Wildman–Crippen MR) is 74.0 cm³/mol. The molecule has 0 spiro atoms. The summed E-state index contributed by atoms with van der Waals surface area (Å²) < 4.78 is 0. The molecular formula is C16H23N. The highest BCUT2D eigenvalue weighted by Crippen LogP contribution is 2.27. The first-order valence-electron chi connectivity index (χ1n) is 6.86. The van der Waals surface area contributed by atoms with E-state index in [9.17, 15) is 0 Å². The van der Waals surface area contributed by atoms with Crippen LogP contribution in [0.3, 0.4) is 0 Å². The Morgan fingerprint density at radius 2 is 2.00 bits per heavy atom. The normalized spacial score (nSPS) is 17.6. The van der Waals surface area contributed by atoms with Gasteiger partial charge in [0.1, 0.15) is 0 Å². The van der Waals surface area contributed by atoms with Crippen molar-refractivity contribution in [2.45, 2.75) is 45.1 Å². The summed E-state index contributed by atoms with van der Waals surface area (Å²) in [6, 6.07) is 11.3. The van der Waals surface area contributed by atoms with Crippen LogP contribution in [0.25, 0.3) is 0 Å². The van der Waals surface area contributed by atoms with Crippen molar-refractivity contribution < 1.29 is 0 Å². The first kappa shape index (κ1) is 12.4. The third-order valence-corrected chi connectivity index (χ3v) is 3.50. The zero-order chi connectivity index (χ0) is 11.9. The molecule has 0 heterocycles. The minimum atomic E-state index is 0.491. The third-order valence-electron chi connectivity index (χ3n) is 3.50. The number of rotatable bonds is 5. The molecule has 0 amide bonds. The number of allylic oxidation sites excluding steroid dienone is 1. The summed E-state index contributed by atoms with van der Waals surface area (Å²) in [4.78, 5) is 0. The first-order chi connectivity index (χ1) is 8.40. The SMILES string of the molecule is CCNC(CC1=CCCCC1)c1ccccc1. The molecule has 1 aromatic rings. The van der Waals surface area contributed by atoms with Crippen LogP contribution in [0, 0.1) is 0 Å². The van der Waals surface area contributed by atoms with Gasteiger partial charge >= 0.3 is 0 Å². The highest BCUT2D eigenvalue weighted by Gasteiger charge is 2.13. The summed E-state index contributed by atoms with van der Waals surface area (Å²) in [6.07, 6.45) is 8.96. The van der Waals surface area contributed by atoms with Gasteiger partial charge in [0.05, 0.1) is 0 Å². The highest BCUT2D eigenvalue weighted by atomic mass is 14.9. The van der Waals surface area contributed by atoms with Crippen molar-refractivity contribution in [1.82, 2.24) is 5.32 Å². The van der Waals surface area contributed by atoms with Crippen molar-refractivity contribution in [3.8, 4) is 0 Å². The Bertz CT molecular complexity index is 353. The Labute approximate surface area is 105 Å². The Morgan fingerprint density at radius 1 is 1.18 bits per heavy atom. The second-order valence-electron chi connectivity index (χ2n) is 4.83. The van der Waals surface area contributed by atoms with Gasteiger partial charge in [0.2, 0.25) is 0 Å². The molecule has 0 saturated heterocycles. The smallest absolute Gasteiger partial charge is 0.0357 e. The molecule has 1 aliphatic rings. The molecule has 2 rings (SSSR count). The van der Waals surface area contributed by atoms with E-state index < -0.39 is 0 Å². The number of benzene rings is 1. The van der Waals surface area contributed by atoms with E-state index >= 15 is 0 Å². The second-order valence-corrected chi connectivity index (χ2v) is 4.83. The van der Waals surface area contributed by atoms with Crippen molar-refractivity contribution in [2.75, 3.05) is 6.54 Å². The lowest BCUT2D eigenvalue weighted by Gasteiger charge is -2.22. The van der Waals surface area contributed by atoms with E-state index in [1.807, 2.05) is 0 Å². The molecule has 1 aliphatic carbocycles. The van der Waals surface area contributed by atoms with Gasteiger partial charge in [0.25, 0.3) is 0 Å². The Balaban J connectivity index is 2.04. The lowest BCUT2D eigenvalue weighted by molar-refractivity contribution is 0.527. The molecule has 1 nitrogen and oxygen atoms in total. The Kier molecular flexibility index (Phi) is 4.81. The molecule has 92 valence electrons. The number of hydrogen-bond acceptors (Lipinski definition) is 1. The van der Waals surface area contributed by atoms with Gasteiger partial charge in [-0.15, -0.1) is 0 Å². The molecule has 17 heavy (non-hydrogen) atoms. The van der Waals surface area contributed by atoms with Gasteiger partial charge in [0, 0.05) is 6.04 Å². The topological polar surface area (TPSA) is 12.0 Å². The molecule has 0 aromatic heterocycles. The van der Waals surface area contributed by atoms with Gasteiger partial charge in [-0.2, -0.15) is 0 Å². The molecule has 1 aromatic carbocycles. The summed E-state index contributed by atoms with van der Waals surface area (Å²) in [5, 5.41) is 3.61. The van der Waals surface area contributed by atoms with Crippen molar-refractivity contribution in [1.29, 1.82) is 0 Å². The zero-order valence-corrected chi connectivity index (χ0v) is 10.8.